The molecular formula is C37H56N5O10S4+. The summed E-state index contributed by atoms with van der Waals surface area (Å²) in [6, 6.07) is 9.97. The molecule has 0 unspecified atom stereocenters. The number of hydrogen-bond donors (Lipinski definition) is 4. The summed E-state index contributed by atoms with van der Waals surface area (Å²) in [4.78, 5) is 3.92. The van der Waals surface area contributed by atoms with Gasteiger partial charge in [-0.15, -0.1) is 0 Å². The zero-order valence-corrected chi connectivity index (χ0v) is 36.6. The number of primary sulfonamides is 2. The Kier molecular flexibility index (Phi) is 14.6. The summed E-state index contributed by atoms with van der Waals surface area (Å²) in [5, 5.41) is 10.7. The smallest absolute Gasteiger partial charge is 0.271 e. The van der Waals surface area contributed by atoms with Crippen molar-refractivity contribution in [3.05, 3.63) is 83.6 Å². The Balaban J connectivity index is 0.000000830. The molecule has 0 radical (unpaired) electrons. The van der Waals surface area contributed by atoms with Crippen LogP contribution in [0, 0.1) is 0 Å². The number of nitrogens with zero attached hydrogens (tertiary/aromatic N) is 3. The molecule has 0 fully saturated rings. The van der Waals surface area contributed by atoms with Gasteiger partial charge in [-0.05, 0) is 90.1 Å². The van der Waals surface area contributed by atoms with E-state index in [1.807, 2.05) is 27.7 Å². The van der Waals surface area contributed by atoms with Crippen LogP contribution in [0.1, 0.15) is 73.4 Å². The Hall–Kier alpha value is -3.27. The summed E-state index contributed by atoms with van der Waals surface area (Å²) >= 11 is 0. The van der Waals surface area contributed by atoms with Gasteiger partial charge in [-0.25, -0.2) is 27.1 Å². The summed E-state index contributed by atoms with van der Waals surface area (Å²) in [6.07, 6.45) is 8.47. The maximum Gasteiger partial charge on any atom is 0.271 e. The molecule has 0 bridgehead atoms. The molecule has 312 valence electrons. The minimum Gasteiger partial charge on any atom is -0.343 e. The van der Waals surface area contributed by atoms with Gasteiger partial charge in [0.15, 0.2) is 12.3 Å². The standard InChI is InChI=1S/C29H36N4O10S4.C8H19N/c1-28(2)22-18-20(46(30,40)41)10-12-24(22)32(14-16-44(34,35)36)26(28)8-6-5-7-9-27-29(3,4)23-19-21(47(31,42)43)11-13-25(23)33(27)15-17-45(37,38)39;1-6-9(7(2)3)8(4)5/h5-13,18-19H,14-17H2,1-4H3,(H5-,30,31,34,35,36,37,38,39,40,41,42,43);7-8H,6H2,1-5H3/p+1. The largest absolute Gasteiger partial charge is 0.343 e. The summed E-state index contributed by atoms with van der Waals surface area (Å²) < 4.78 is 115. The van der Waals surface area contributed by atoms with E-state index in [4.69, 9.17) is 10.3 Å². The van der Waals surface area contributed by atoms with Crippen molar-refractivity contribution in [1.29, 1.82) is 0 Å². The highest BCUT2D eigenvalue weighted by Gasteiger charge is 2.45. The number of fused-ring (bicyclic) bond motifs is 2. The Morgan fingerprint density at radius 3 is 1.73 bits per heavy atom. The van der Waals surface area contributed by atoms with E-state index < -0.39 is 62.6 Å². The highest BCUT2D eigenvalue weighted by Crippen LogP contribution is 2.48. The SMILES string of the molecule is CC1(C)C(/C=C/C=C/C=C2/N(CCS(=O)(=O)O)c3ccc(S(N)(=O)=O)cc3C2(C)C)=[N+](CCS(=O)(=O)O)c2ccc(S(N)(=O)=O)cc21.CCN(C(C)C)C(C)C. The van der Waals surface area contributed by atoms with Gasteiger partial charge in [0.25, 0.3) is 20.2 Å². The Morgan fingerprint density at radius 2 is 1.27 bits per heavy atom. The molecule has 0 aromatic heterocycles. The van der Waals surface area contributed by atoms with Gasteiger partial charge in [0, 0.05) is 53.1 Å². The van der Waals surface area contributed by atoms with Gasteiger partial charge in [0.1, 0.15) is 5.75 Å². The number of sulfonamides is 2. The lowest BCUT2D eigenvalue weighted by atomic mass is 9.81. The fourth-order valence-corrected chi connectivity index (χ4v) is 9.15. The topological polar surface area (TPSA) is 239 Å². The highest BCUT2D eigenvalue weighted by molar-refractivity contribution is 7.89. The van der Waals surface area contributed by atoms with Gasteiger partial charge < -0.3 is 4.90 Å². The van der Waals surface area contributed by atoms with Crippen LogP contribution in [0.4, 0.5) is 11.4 Å². The molecule has 0 atom stereocenters. The Morgan fingerprint density at radius 1 is 0.750 bits per heavy atom. The van der Waals surface area contributed by atoms with E-state index in [0.717, 1.165) is 6.54 Å². The molecular weight excluding hydrogens is 803 g/mol. The number of nitrogens with two attached hydrogens (primary N) is 2. The second-order valence-electron chi connectivity index (χ2n) is 15.3. The summed E-state index contributed by atoms with van der Waals surface area (Å²) in [5.41, 5.74) is 1.89. The third-order valence-corrected chi connectivity index (χ3v) is 13.2. The summed E-state index contributed by atoms with van der Waals surface area (Å²) in [5.74, 6) is -1.16. The number of rotatable bonds is 14. The first-order chi connectivity index (χ1) is 25.4. The lowest BCUT2D eigenvalue weighted by Gasteiger charge is -2.28. The van der Waals surface area contributed by atoms with Crippen LogP contribution in [0.25, 0.3) is 0 Å². The molecule has 0 saturated heterocycles. The van der Waals surface area contributed by atoms with Crippen LogP contribution < -0.4 is 15.2 Å². The molecule has 56 heavy (non-hydrogen) atoms. The molecule has 2 aliphatic rings. The van der Waals surface area contributed by atoms with Gasteiger partial charge in [-0.3, -0.25) is 14.0 Å². The average molecular weight is 859 g/mol. The molecule has 4 rings (SSSR count). The zero-order valence-electron chi connectivity index (χ0n) is 33.3. The first-order valence-electron chi connectivity index (χ1n) is 17.9. The molecule has 2 aromatic carbocycles. The average Bonchev–Trinajstić information content (AvgIpc) is 3.38. The molecule has 0 spiro atoms. The number of hydrogen-bond acceptors (Lipinski definition) is 10. The summed E-state index contributed by atoms with van der Waals surface area (Å²) in [7, 11) is -16.7. The van der Waals surface area contributed by atoms with Crippen molar-refractivity contribution in [3.63, 3.8) is 0 Å². The normalized spacial score (nSPS) is 17.8. The maximum atomic E-state index is 12.0. The van der Waals surface area contributed by atoms with Gasteiger partial charge in [0.2, 0.25) is 25.7 Å². The van der Waals surface area contributed by atoms with E-state index in [9.17, 15) is 42.8 Å². The lowest BCUT2D eigenvalue weighted by molar-refractivity contribution is -0.432. The minimum absolute atomic E-state index is 0.106. The van der Waals surface area contributed by atoms with Crippen LogP contribution >= 0.6 is 0 Å². The monoisotopic (exact) mass is 858 g/mol. The van der Waals surface area contributed by atoms with Gasteiger partial charge >= 0.3 is 0 Å². The number of anilines is 1. The van der Waals surface area contributed by atoms with Gasteiger partial charge in [-0.2, -0.15) is 21.4 Å². The van der Waals surface area contributed by atoms with Crippen molar-refractivity contribution in [2.75, 3.05) is 36.0 Å². The van der Waals surface area contributed by atoms with Crippen LogP contribution in [0.5, 0.6) is 0 Å². The minimum atomic E-state index is -4.32. The van der Waals surface area contributed by atoms with Crippen LogP contribution in [0.2, 0.25) is 0 Å². The molecule has 19 heteroatoms. The lowest BCUT2D eigenvalue weighted by Crippen LogP contribution is -2.36. The van der Waals surface area contributed by atoms with Crippen molar-refractivity contribution in [3.8, 4) is 0 Å². The third-order valence-electron chi connectivity index (χ3n) is 9.95. The Bertz CT molecular complexity index is 2370. The van der Waals surface area contributed by atoms with Crippen molar-refractivity contribution in [2.24, 2.45) is 10.3 Å². The van der Waals surface area contributed by atoms with Crippen LogP contribution in [-0.2, 0) is 51.1 Å². The predicted molar refractivity (Wildman–Crippen MR) is 221 cm³/mol. The third kappa shape index (κ3) is 11.4. The summed E-state index contributed by atoms with van der Waals surface area (Å²) in [6.45, 7) is 19.4. The second kappa shape index (κ2) is 17.3. The molecule has 0 amide bonds. The van der Waals surface area contributed by atoms with E-state index in [0.29, 0.717) is 46.0 Å². The first-order valence-corrected chi connectivity index (χ1v) is 24.2. The number of allylic oxidation sites excluding steroid dienone is 6. The van der Waals surface area contributed by atoms with Gasteiger partial charge in [0.05, 0.1) is 21.0 Å². The molecule has 2 aliphatic heterocycles. The van der Waals surface area contributed by atoms with Crippen molar-refractivity contribution < 1.29 is 47.4 Å². The van der Waals surface area contributed by atoms with Crippen LogP contribution in [0.15, 0.2) is 82.3 Å². The highest BCUT2D eigenvalue weighted by atomic mass is 32.2. The van der Waals surface area contributed by atoms with Crippen molar-refractivity contribution in [1.82, 2.24) is 4.90 Å². The Labute approximate surface area is 333 Å². The fourth-order valence-electron chi connectivity index (χ4n) is 7.24. The van der Waals surface area contributed by atoms with E-state index in [1.165, 1.54) is 36.4 Å². The second-order valence-corrected chi connectivity index (χ2v) is 21.5. The maximum absolute atomic E-state index is 12.0. The predicted octanol–water partition coefficient (Wildman–Crippen LogP) is 4.05. The molecule has 2 heterocycles. The van der Waals surface area contributed by atoms with E-state index in [-0.39, 0.29) is 22.9 Å². The van der Waals surface area contributed by atoms with Crippen molar-refractivity contribution in [2.45, 2.75) is 95.0 Å². The van der Waals surface area contributed by atoms with E-state index in [2.05, 4.69) is 39.5 Å². The molecule has 15 nitrogen and oxygen atoms in total. The van der Waals surface area contributed by atoms with Crippen molar-refractivity contribution >= 4 is 57.4 Å². The molecule has 0 saturated carbocycles. The van der Waals surface area contributed by atoms with E-state index >= 15 is 0 Å². The van der Waals surface area contributed by atoms with Crippen LogP contribution in [-0.4, -0.2) is 101 Å². The van der Waals surface area contributed by atoms with Gasteiger partial charge in [-0.1, -0.05) is 39.0 Å². The fraction of sp³-hybridized carbons (Fsp3) is 0.486. The quantitative estimate of drug-likeness (QED) is 0.120. The molecule has 6 N–H and O–H groups in total. The first kappa shape index (κ1) is 47.1. The zero-order chi connectivity index (χ0) is 42.8. The molecule has 0 aliphatic carbocycles. The van der Waals surface area contributed by atoms with Crippen LogP contribution in [0.3, 0.4) is 0 Å². The van der Waals surface area contributed by atoms with E-state index in [1.54, 1.807) is 39.9 Å². The number of benzene rings is 2. The molecule has 2 aromatic rings.